The van der Waals surface area contributed by atoms with Crippen LogP contribution in [0.15, 0.2) is 0 Å². The Bertz CT molecular complexity index is 158. The molecule has 0 aromatic heterocycles. The zero-order valence-corrected chi connectivity index (χ0v) is 9.55. The molecule has 5 heteroatoms. The molecule has 76 valence electrons. The van der Waals surface area contributed by atoms with E-state index in [0.29, 0.717) is 0 Å². The second-order valence-corrected chi connectivity index (χ2v) is 5.57. The van der Waals surface area contributed by atoms with Crippen molar-refractivity contribution in [2.75, 3.05) is 31.1 Å². The van der Waals surface area contributed by atoms with Gasteiger partial charge < -0.3 is 10.2 Å². The monoisotopic (exact) mass is 220 g/mol. The fraction of sp³-hybridized carbons (Fsp3) is 0.875. The van der Waals surface area contributed by atoms with Crippen molar-refractivity contribution in [3.05, 3.63) is 0 Å². The first-order valence-corrected chi connectivity index (χ1v) is 7.10. The molecule has 0 radical (unpaired) electrons. The molecular formula is C8H16N2OS2. The molecule has 1 saturated heterocycles. The van der Waals surface area contributed by atoms with Crippen molar-refractivity contribution in [3.63, 3.8) is 0 Å². The average molecular weight is 220 g/mol. The summed E-state index contributed by atoms with van der Waals surface area (Å²) in [6, 6.07) is 0.102. The summed E-state index contributed by atoms with van der Waals surface area (Å²) in [5.41, 5.74) is 0. The van der Waals surface area contributed by atoms with E-state index in [1.165, 1.54) is 0 Å². The van der Waals surface area contributed by atoms with Crippen molar-refractivity contribution in [3.8, 4) is 0 Å². The molecule has 1 aliphatic heterocycles. The first-order valence-electron chi connectivity index (χ1n) is 4.61. The third-order valence-corrected chi connectivity index (χ3v) is 4.15. The maximum atomic E-state index is 11.5. The molecular weight excluding hydrogens is 204 g/mol. The lowest BCUT2D eigenvalue weighted by Crippen LogP contribution is -2.41. The average Bonchev–Trinajstić information content (AvgIpc) is 2.42. The van der Waals surface area contributed by atoms with Crippen LogP contribution in [0.2, 0.25) is 0 Å². The molecule has 0 unspecified atom stereocenters. The Kier molecular flexibility index (Phi) is 5.46. The number of carbonyl (C=O) groups excluding carboxylic acids is 1. The topological polar surface area (TPSA) is 32.3 Å². The largest absolute Gasteiger partial charge is 0.338 e. The zero-order valence-electron chi connectivity index (χ0n) is 7.91. The van der Waals surface area contributed by atoms with Crippen LogP contribution in [0.4, 0.5) is 4.79 Å². The van der Waals surface area contributed by atoms with Crippen LogP contribution in [0.3, 0.4) is 0 Å². The Hall–Kier alpha value is -0.0300. The number of rotatable bonds is 2. The summed E-state index contributed by atoms with van der Waals surface area (Å²) in [5.74, 6) is 2.09. The van der Waals surface area contributed by atoms with Crippen molar-refractivity contribution in [1.82, 2.24) is 10.2 Å². The maximum absolute atomic E-state index is 11.5. The minimum absolute atomic E-state index is 0.102. The van der Waals surface area contributed by atoms with E-state index in [-0.39, 0.29) is 6.03 Å². The highest BCUT2D eigenvalue weighted by Gasteiger charge is 2.14. The molecule has 1 N–H and O–H groups in total. The summed E-state index contributed by atoms with van der Waals surface area (Å²) in [6.45, 7) is 4.62. The highest BCUT2D eigenvalue weighted by molar-refractivity contribution is 8.76. The van der Waals surface area contributed by atoms with E-state index in [9.17, 15) is 4.79 Å². The first kappa shape index (κ1) is 11.0. The third kappa shape index (κ3) is 4.13. The van der Waals surface area contributed by atoms with Gasteiger partial charge in [-0.1, -0.05) is 28.5 Å². The molecule has 0 aromatic carbocycles. The van der Waals surface area contributed by atoms with Gasteiger partial charge in [0.1, 0.15) is 0 Å². The molecule has 0 aromatic rings. The SMILES string of the molecule is CCCNC(=O)N1CCSSCC1. The van der Waals surface area contributed by atoms with Gasteiger partial charge in [0, 0.05) is 31.1 Å². The summed E-state index contributed by atoms with van der Waals surface area (Å²) in [7, 11) is 3.71. The maximum Gasteiger partial charge on any atom is 0.317 e. The number of hydrogen-bond donors (Lipinski definition) is 1. The zero-order chi connectivity index (χ0) is 9.52. The van der Waals surface area contributed by atoms with E-state index in [0.717, 1.165) is 37.6 Å². The van der Waals surface area contributed by atoms with Gasteiger partial charge in [-0.15, -0.1) is 0 Å². The number of urea groups is 1. The molecule has 3 nitrogen and oxygen atoms in total. The summed E-state index contributed by atoms with van der Waals surface area (Å²) < 4.78 is 0. The molecule has 0 saturated carbocycles. The van der Waals surface area contributed by atoms with Crippen LogP contribution in [0.5, 0.6) is 0 Å². The lowest BCUT2D eigenvalue weighted by atomic mass is 10.5. The molecule has 1 rings (SSSR count). The molecule has 2 amide bonds. The van der Waals surface area contributed by atoms with E-state index in [2.05, 4.69) is 12.2 Å². The smallest absolute Gasteiger partial charge is 0.317 e. The standard InChI is InChI=1S/C8H16N2OS2/c1-2-3-9-8(11)10-4-6-12-13-7-5-10/h2-7H2,1H3,(H,9,11). The second kappa shape index (κ2) is 6.43. The van der Waals surface area contributed by atoms with Crippen molar-refractivity contribution in [2.45, 2.75) is 13.3 Å². The van der Waals surface area contributed by atoms with Crippen molar-refractivity contribution in [2.24, 2.45) is 0 Å². The molecule has 1 aliphatic rings. The minimum atomic E-state index is 0.102. The molecule has 0 bridgehead atoms. The minimum Gasteiger partial charge on any atom is -0.338 e. The van der Waals surface area contributed by atoms with Gasteiger partial charge in [-0.25, -0.2) is 4.79 Å². The first-order chi connectivity index (χ1) is 6.34. The van der Waals surface area contributed by atoms with Crippen LogP contribution in [0, 0.1) is 0 Å². The fourth-order valence-corrected chi connectivity index (χ4v) is 3.05. The van der Waals surface area contributed by atoms with Crippen molar-refractivity contribution in [1.29, 1.82) is 0 Å². The normalized spacial score (nSPS) is 18.1. The highest BCUT2D eigenvalue weighted by atomic mass is 33.1. The van der Waals surface area contributed by atoms with E-state index >= 15 is 0 Å². The summed E-state index contributed by atoms with van der Waals surface area (Å²) in [6.07, 6.45) is 1.00. The van der Waals surface area contributed by atoms with Crippen LogP contribution >= 0.6 is 21.6 Å². The van der Waals surface area contributed by atoms with Crippen molar-refractivity contribution >= 4 is 27.6 Å². The molecule has 1 heterocycles. The predicted molar refractivity (Wildman–Crippen MR) is 60.2 cm³/mol. The number of nitrogens with one attached hydrogen (secondary N) is 1. The van der Waals surface area contributed by atoms with Crippen molar-refractivity contribution < 1.29 is 4.79 Å². The quantitative estimate of drug-likeness (QED) is 0.720. The van der Waals surface area contributed by atoms with Gasteiger partial charge >= 0.3 is 6.03 Å². The van der Waals surface area contributed by atoms with Gasteiger partial charge in [-0.05, 0) is 6.42 Å². The molecule has 0 spiro atoms. The summed E-state index contributed by atoms with van der Waals surface area (Å²) >= 11 is 0. The Labute approximate surface area is 87.4 Å². The molecule has 0 atom stereocenters. The number of amides is 2. The molecule has 1 fully saturated rings. The Morgan fingerprint density at radius 3 is 2.54 bits per heavy atom. The van der Waals surface area contributed by atoms with E-state index in [1.807, 2.05) is 26.5 Å². The number of carbonyl (C=O) groups is 1. The van der Waals surface area contributed by atoms with Crippen LogP contribution in [-0.4, -0.2) is 42.1 Å². The van der Waals surface area contributed by atoms with Gasteiger partial charge in [-0.2, -0.15) is 0 Å². The highest BCUT2D eigenvalue weighted by Crippen LogP contribution is 2.23. The van der Waals surface area contributed by atoms with Gasteiger partial charge in [0.25, 0.3) is 0 Å². The summed E-state index contributed by atoms with van der Waals surface area (Å²) in [4.78, 5) is 13.4. The van der Waals surface area contributed by atoms with E-state index in [4.69, 9.17) is 0 Å². The fourth-order valence-electron chi connectivity index (χ4n) is 1.07. The number of hydrogen-bond acceptors (Lipinski definition) is 3. The van der Waals surface area contributed by atoms with Crippen LogP contribution < -0.4 is 5.32 Å². The van der Waals surface area contributed by atoms with Gasteiger partial charge in [0.15, 0.2) is 0 Å². The lowest BCUT2D eigenvalue weighted by molar-refractivity contribution is 0.204. The van der Waals surface area contributed by atoms with Crippen LogP contribution in [0.1, 0.15) is 13.3 Å². The molecule has 0 aliphatic carbocycles. The summed E-state index contributed by atoms with van der Waals surface area (Å²) in [5, 5.41) is 2.90. The third-order valence-electron chi connectivity index (χ3n) is 1.79. The van der Waals surface area contributed by atoms with E-state index in [1.54, 1.807) is 0 Å². The van der Waals surface area contributed by atoms with E-state index < -0.39 is 0 Å². The van der Waals surface area contributed by atoms with Crippen LogP contribution in [-0.2, 0) is 0 Å². The second-order valence-electron chi connectivity index (χ2n) is 2.86. The number of nitrogens with zero attached hydrogens (tertiary/aromatic N) is 1. The lowest BCUT2D eigenvalue weighted by Gasteiger charge is -2.19. The molecule has 13 heavy (non-hydrogen) atoms. The van der Waals surface area contributed by atoms with Gasteiger partial charge in [-0.3, -0.25) is 0 Å². The van der Waals surface area contributed by atoms with Crippen LogP contribution in [0.25, 0.3) is 0 Å². The van der Waals surface area contributed by atoms with Gasteiger partial charge in [0.05, 0.1) is 0 Å². The Morgan fingerprint density at radius 1 is 1.38 bits per heavy atom. The predicted octanol–water partition coefficient (Wildman–Crippen LogP) is 1.80. The Morgan fingerprint density at radius 2 is 2.00 bits per heavy atom. The Balaban J connectivity index is 2.26. The van der Waals surface area contributed by atoms with Gasteiger partial charge in [0.2, 0.25) is 0 Å².